The molecule has 0 bridgehead atoms. The summed E-state index contributed by atoms with van der Waals surface area (Å²) in [5.41, 5.74) is 3.75. The number of nitrogens with one attached hydrogen (secondary N) is 1. The zero-order valence-electron chi connectivity index (χ0n) is 14.4. The fraction of sp³-hybridized carbons (Fsp3) is 0.150. The first kappa shape index (κ1) is 16.6. The van der Waals surface area contributed by atoms with E-state index >= 15 is 0 Å². The Kier molecular flexibility index (Phi) is 4.75. The van der Waals surface area contributed by atoms with E-state index < -0.39 is 0 Å². The molecule has 3 aromatic rings. The number of methoxy groups -OCH3 is 1. The SMILES string of the molecule is COc1ccc(-c2ncc(C(=O)Nc3ccccc3C)c(C)n2)cc1. The molecule has 5 nitrogen and oxygen atoms in total. The normalized spacial score (nSPS) is 10.4. The molecule has 0 spiro atoms. The molecule has 0 aliphatic heterocycles. The van der Waals surface area contributed by atoms with Crippen molar-refractivity contribution in [1.29, 1.82) is 0 Å². The van der Waals surface area contributed by atoms with E-state index in [9.17, 15) is 4.79 Å². The maximum atomic E-state index is 12.5. The van der Waals surface area contributed by atoms with Gasteiger partial charge in [0, 0.05) is 17.4 Å². The Morgan fingerprint density at radius 2 is 1.76 bits per heavy atom. The number of benzene rings is 2. The number of aromatic nitrogens is 2. The lowest BCUT2D eigenvalue weighted by molar-refractivity contribution is 0.102. The predicted octanol–water partition coefficient (Wildman–Crippen LogP) is 4.02. The van der Waals surface area contributed by atoms with Gasteiger partial charge < -0.3 is 10.1 Å². The molecule has 0 aliphatic carbocycles. The van der Waals surface area contributed by atoms with E-state index in [0.717, 1.165) is 22.6 Å². The lowest BCUT2D eigenvalue weighted by atomic mass is 10.1. The highest BCUT2D eigenvalue weighted by atomic mass is 16.5. The van der Waals surface area contributed by atoms with E-state index in [1.165, 1.54) is 0 Å². The van der Waals surface area contributed by atoms with Crippen LogP contribution >= 0.6 is 0 Å². The molecular weight excluding hydrogens is 314 g/mol. The van der Waals surface area contributed by atoms with Crippen LogP contribution in [0.15, 0.2) is 54.7 Å². The lowest BCUT2D eigenvalue weighted by Gasteiger charge is -2.10. The Bertz CT molecular complexity index is 905. The second-order valence-corrected chi connectivity index (χ2v) is 5.69. The Morgan fingerprint density at radius 1 is 1.04 bits per heavy atom. The minimum Gasteiger partial charge on any atom is -0.497 e. The van der Waals surface area contributed by atoms with Crippen LogP contribution in [-0.4, -0.2) is 23.0 Å². The molecule has 3 rings (SSSR count). The standard InChI is InChI=1S/C20H19N3O2/c1-13-6-4-5-7-18(13)23-20(24)17-12-21-19(22-14(17)2)15-8-10-16(25-3)11-9-15/h4-12H,1-3H3,(H,23,24). The quantitative estimate of drug-likeness (QED) is 0.783. The second-order valence-electron chi connectivity index (χ2n) is 5.69. The van der Waals surface area contributed by atoms with Gasteiger partial charge in [-0.1, -0.05) is 18.2 Å². The summed E-state index contributed by atoms with van der Waals surface area (Å²) in [5.74, 6) is 1.13. The molecule has 2 aromatic carbocycles. The zero-order chi connectivity index (χ0) is 17.8. The van der Waals surface area contributed by atoms with Crippen molar-refractivity contribution >= 4 is 11.6 Å². The summed E-state index contributed by atoms with van der Waals surface area (Å²) in [7, 11) is 1.62. The van der Waals surface area contributed by atoms with Gasteiger partial charge in [0.05, 0.1) is 18.4 Å². The molecule has 1 amide bonds. The summed E-state index contributed by atoms with van der Waals surface area (Å²) in [4.78, 5) is 21.3. The number of rotatable bonds is 4. The minimum absolute atomic E-state index is 0.215. The third kappa shape index (κ3) is 3.66. The van der Waals surface area contributed by atoms with Gasteiger partial charge in [0.25, 0.3) is 5.91 Å². The Morgan fingerprint density at radius 3 is 2.40 bits per heavy atom. The first-order valence-electron chi connectivity index (χ1n) is 7.93. The summed E-state index contributed by atoms with van der Waals surface area (Å²) in [6.45, 7) is 3.76. The molecule has 126 valence electrons. The monoisotopic (exact) mass is 333 g/mol. The van der Waals surface area contributed by atoms with Crippen molar-refractivity contribution in [2.75, 3.05) is 12.4 Å². The number of carbonyl (C=O) groups is 1. The molecule has 1 heterocycles. The topological polar surface area (TPSA) is 64.1 Å². The highest BCUT2D eigenvalue weighted by molar-refractivity contribution is 6.05. The van der Waals surface area contributed by atoms with Crippen LogP contribution < -0.4 is 10.1 Å². The number of hydrogen-bond donors (Lipinski definition) is 1. The van der Waals surface area contributed by atoms with Gasteiger partial charge in [-0.05, 0) is 49.7 Å². The Hall–Kier alpha value is -3.21. The van der Waals surface area contributed by atoms with Gasteiger partial charge in [-0.2, -0.15) is 0 Å². The molecular formula is C20H19N3O2. The molecule has 1 N–H and O–H groups in total. The van der Waals surface area contributed by atoms with E-state index in [2.05, 4.69) is 15.3 Å². The van der Waals surface area contributed by atoms with Crippen molar-refractivity contribution in [2.24, 2.45) is 0 Å². The van der Waals surface area contributed by atoms with E-state index in [1.807, 2.05) is 62.4 Å². The Balaban J connectivity index is 1.84. The second kappa shape index (κ2) is 7.13. The van der Waals surface area contributed by atoms with E-state index in [0.29, 0.717) is 17.1 Å². The molecule has 0 atom stereocenters. The van der Waals surface area contributed by atoms with Crippen molar-refractivity contribution in [3.63, 3.8) is 0 Å². The van der Waals surface area contributed by atoms with Crippen LogP contribution in [0.1, 0.15) is 21.6 Å². The van der Waals surface area contributed by atoms with E-state index in [-0.39, 0.29) is 5.91 Å². The molecule has 5 heteroatoms. The molecule has 25 heavy (non-hydrogen) atoms. The summed E-state index contributed by atoms with van der Waals surface area (Å²) in [5, 5.41) is 2.91. The predicted molar refractivity (Wildman–Crippen MR) is 97.9 cm³/mol. The van der Waals surface area contributed by atoms with Crippen LogP contribution in [0.2, 0.25) is 0 Å². The van der Waals surface area contributed by atoms with E-state index in [1.54, 1.807) is 13.3 Å². The van der Waals surface area contributed by atoms with Gasteiger partial charge in [0.15, 0.2) is 5.82 Å². The maximum Gasteiger partial charge on any atom is 0.259 e. The van der Waals surface area contributed by atoms with Crippen molar-refractivity contribution < 1.29 is 9.53 Å². The number of aryl methyl sites for hydroxylation is 2. The summed E-state index contributed by atoms with van der Waals surface area (Å²) < 4.78 is 5.15. The number of hydrogen-bond acceptors (Lipinski definition) is 4. The van der Waals surface area contributed by atoms with Gasteiger partial charge >= 0.3 is 0 Å². The molecule has 0 saturated carbocycles. The van der Waals surface area contributed by atoms with E-state index in [4.69, 9.17) is 4.74 Å². The number of para-hydroxylation sites is 1. The van der Waals surface area contributed by atoms with Gasteiger partial charge in [0.2, 0.25) is 0 Å². The largest absolute Gasteiger partial charge is 0.497 e. The number of nitrogens with zero attached hydrogens (tertiary/aromatic N) is 2. The minimum atomic E-state index is -0.215. The molecule has 0 fully saturated rings. The molecule has 1 aromatic heterocycles. The van der Waals surface area contributed by atoms with Crippen LogP contribution in [0.3, 0.4) is 0 Å². The third-order valence-corrected chi connectivity index (χ3v) is 3.97. The number of carbonyl (C=O) groups excluding carboxylic acids is 1. The maximum absolute atomic E-state index is 12.5. The Labute approximate surface area is 146 Å². The summed E-state index contributed by atoms with van der Waals surface area (Å²) >= 11 is 0. The van der Waals surface area contributed by atoms with Crippen molar-refractivity contribution in [3.05, 3.63) is 71.5 Å². The third-order valence-electron chi connectivity index (χ3n) is 3.97. The van der Waals surface area contributed by atoms with Crippen LogP contribution in [-0.2, 0) is 0 Å². The lowest BCUT2D eigenvalue weighted by Crippen LogP contribution is -2.15. The van der Waals surface area contributed by atoms with Gasteiger partial charge in [-0.3, -0.25) is 4.79 Å². The fourth-order valence-corrected chi connectivity index (χ4v) is 2.47. The van der Waals surface area contributed by atoms with Crippen molar-refractivity contribution in [1.82, 2.24) is 9.97 Å². The molecule has 0 unspecified atom stereocenters. The van der Waals surface area contributed by atoms with Crippen LogP contribution in [0.5, 0.6) is 5.75 Å². The van der Waals surface area contributed by atoms with Gasteiger partial charge in [-0.25, -0.2) is 9.97 Å². The number of ether oxygens (including phenoxy) is 1. The average molecular weight is 333 g/mol. The van der Waals surface area contributed by atoms with Crippen LogP contribution in [0, 0.1) is 13.8 Å². The highest BCUT2D eigenvalue weighted by Gasteiger charge is 2.13. The molecule has 0 aliphatic rings. The first-order valence-corrected chi connectivity index (χ1v) is 7.93. The van der Waals surface area contributed by atoms with Crippen LogP contribution in [0.25, 0.3) is 11.4 Å². The van der Waals surface area contributed by atoms with Gasteiger partial charge in [-0.15, -0.1) is 0 Å². The number of amides is 1. The molecule has 0 radical (unpaired) electrons. The zero-order valence-corrected chi connectivity index (χ0v) is 14.4. The van der Waals surface area contributed by atoms with Gasteiger partial charge in [0.1, 0.15) is 5.75 Å². The molecule has 0 saturated heterocycles. The summed E-state index contributed by atoms with van der Waals surface area (Å²) in [6, 6.07) is 15.1. The summed E-state index contributed by atoms with van der Waals surface area (Å²) in [6.07, 6.45) is 1.56. The smallest absolute Gasteiger partial charge is 0.259 e. The van der Waals surface area contributed by atoms with Crippen molar-refractivity contribution in [3.8, 4) is 17.1 Å². The highest BCUT2D eigenvalue weighted by Crippen LogP contribution is 2.21. The fourth-order valence-electron chi connectivity index (χ4n) is 2.47. The first-order chi connectivity index (χ1) is 12.1. The number of anilines is 1. The average Bonchev–Trinajstić information content (AvgIpc) is 2.63. The van der Waals surface area contributed by atoms with Crippen molar-refractivity contribution in [2.45, 2.75) is 13.8 Å². The van der Waals surface area contributed by atoms with Crippen LogP contribution in [0.4, 0.5) is 5.69 Å².